The van der Waals surface area contributed by atoms with Gasteiger partial charge in [0, 0.05) is 37.0 Å². The van der Waals surface area contributed by atoms with E-state index in [0.717, 1.165) is 36.9 Å². The van der Waals surface area contributed by atoms with Gasteiger partial charge in [0.25, 0.3) is 0 Å². The lowest BCUT2D eigenvalue weighted by molar-refractivity contribution is 0.133. The van der Waals surface area contributed by atoms with Crippen LogP contribution in [0.2, 0.25) is 0 Å². The molecule has 4 nitrogen and oxygen atoms in total. The summed E-state index contributed by atoms with van der Waals surface area (Å²) in [5.41, 5.74) is 0. The number of rotatable bonds is 2. The number of aromatic nitrogens is 2. The fourth-order valence-electron chi connectivity index (χ4n) is 2.91. The highest BCUT2D eigenvalue weighted by atomic mass is 32.1. The zero-order chi connectivity index (χ0) is 11.1. The van der Waals surface area contributed by atoms with Gasteiger partial charge in [0.1, 0.15) is 5.82 Å². The van der Waals surface area contributed by atoms with E-state index in [1.807, 2.05) is 0 Å². The molecule has 0 aromatic carbocycles. The van der Waals surface area contributed by atoms with Crippen molar-refractivity contribution in [2.45, 2.75) is 32.3 Å². The Kier molecular flexibility index (Phi) is 2.59. The summed E-state index contributed by atoms with van der Waals surface area (Å²) in [4.78, 5) is 6.81. The quantitative estimate of drug-likeness (QED) is 0.845. The second kappa shape index (κ2) is 3.96. The second-order valence-electron chi connectivity index (χ2n) is 4.82. The lowest BCUT2D eigenvalue weighted by Crippen LogP contribution is -2.24. The molecule has 1 saturated carbocycles. The predicted octanol–water partition coefficient (Wildman–Crippen LogP) is 1.31. The summed E-state index contributed by atoms with van der Waals surface area (Å²) >= 11 is 1.49. The Morgan fingerprint density at radius 1 is 1.44 bits per heavy atom. The lowest BCUT2D eigenvalue weighted by Gasteiger charge is -2.16. The number of hydrogen-bond donors (Lipinski definition) is 1. The molecule has 88 valence electrons. The van der Waals surface area contributed by atoms with Gasteiger partial charge in [-0.3, -0.25) is 0 Å². The van der Waals surface area contributed by atoms with E-state index in [1.54, 1.807) is 0 Å². The van der Waals surface area contributed by atoms with Crippen LogP contribution in [0.25, 0.3) is 0 Å². The molecule has 1 saturated heterocycles. The molecule has 0 amide bonds. The molecular weight excluding hydrogens is 222 g/mol. The minimum Gasteiger partial charge on any atom is -0.393 e. The molecule has 2 heterocycles. The molecule has 1 N–H and O–H groups in total. The van der Waals surface area contributed by atoms with Crippen LogP contribution < -0.4 is 4.90 Å². The van der Waals surface area contributed by atoms with Crippen LogP contribution in [0.5, 0.6) is 0 Å². The van der Waals surface area contributed by atoms with Crippen molar-refractivity contribution < 1.29 is 5.11 Å². The molecule has 3 atom stereocenters. The summed E-state index contributed by atoms with van der Waals surface area (Å²) in [6.45, 7) is 4.10. The third-order valence-electron chi connectivity index (χ3n) is 3.86. The van der Waals surface area contributed by atoms with Crippen LogP contribution in [0.3, 0.4) is 0 Å². The lowest BCUT2D eigenvalue weighted by atomic mass is 10.00. The number of hydrogen-bond acceptors (Lipinski definition) is 5. The summed E-state index contributed by atoms with van der Waals surface area (Å²) < 4.78 is 4.32. The number of aryl methyl sites for hydroxylation is 1. The molecule has 5 heteroatoms. The first-order chi connectivity index (χ1) is 7.78. The van der Waals surface area contributed by atoms with Crippen molar-refractivity contribution >= 4 is 16.7 Å². The third-order valence-corrected chi connectivity index (χ3v) is 4.68. The smallest absolute Gasteiger partial charge is 0.205 e. The van der Waals surface area contributed by atoms with Crippen LogP contribution in [0.4, 0.5) is 5.13 Å². The highest BCUT2D eigenvalue weighted by Gasteiger charge is 2.42. The molecule has 0 spiro atoms. The molecule has 3 rings (SSSR count). The van der Waals surface area contributed by atoms with E-state index in [-0.39, 0.29) is 6.10 Å². The molecule has 1 aliphatic heterocycles. The highest BCUT2D eigenvalue weighted by molar-refractivity contribution is 7.09. The molecule has 1 aromatic rings. The van der Waals surface area contributed by atoms with Crippen molar-refractivity contribution in [3.05, 3.63) is 5.82 Å². The van der Waals surface area contributed by atoms with Gasteiger partial charge in [0.2, 0.25) is 5.13 Å². The van der Waals surface area contributed by atoms with Gasteiger partial charge in [-0.15, -0.1) is 0 Å². The molecule has 0 radical (unpaired) electrons. The first-order valence-corrected chi connectivity index (χ1v) is 6.81. The van der Waals surface area contributed by atoms with E-state index >= 15 is 0 Å². The standard InChI is InChI=1S/C11H17N3OS/c1-2-10-12-11(16-13-10)14-5-7-3-4-9(15)8(7)6-14/h7-9,15H,2-6H2,1H3. The van der Waals surface area contributed by atoms with Gasteiger partial charge in [0.05, 0.1) is 6.10 Å². The summed E-state index contributed by atoms with van der Waals surface area (Å²) in [7, 11) is 0. The van der Waals surface area contributed by atoms with Crippen molar-refractivity contribution in [1.29, 1.82) is 0 Å². The van der Waals surface area contributed by atoms with Crippen LogP contribution in [0.1, 0.15) is 25.6 Å². The maximum absolute atomic E-state index is 9.86. The molecule has 3 unspecified atom stereocenters. The topological polar surface area (TPSA) is 49.2 Å². The monoisotopic (exact) mass is 239 g/mol. The van der Waals surface area contributed by atoms with Gasteiger partial charge < -0.3 is 10.0 Å². The fraction of sp³-hybridized carbons (Fsp3) is 0.818. The van der Waals surface area contributed by atoms with Gasteiger partial charge in [-0.2, -0.15) is 4.37 Å². The Hall–Kier alpha value is -0.680. The normalized spacial score (nSPS) is 33.4. The molecule has 1 aliphatic carbocycles. The van der Waals surface area contributed by atoms with E-state index in [2.05, 4.69) is 21.2 Å². The summed E-state index contributed by atoms with van der Waals surface area (Å²) in [5.74, 6) is 2.08. The first kappa shape index (κ1) is 10.5. The average Bonchev–Trinajstić information content (AvgIpc) is 2.95. The van der Waals surface area contributed by atoms with E-state index in [9.17, 15) is 5.11 Å². The van der Waals surface area contributed by atoms with Crippen LogP contribution in [-0.2, 0) is 6.42 Å². The largest absolute Gasteiger partial charge is 0.393 e. The summed E-state index contributed by atoms with van der Waals surface area (Å²) in [5, 5.41) is 10.9. The SMILES string of the molecule is CCc1nsc(N2CC3CCC(O)C3C2)n1. The zero-order valence-electron chi connectivity index (χ0n) is 9.46. The molecule has 16 heavy (non-hydrogen) atoms. The summed E-state index contributed by atoms with van der Waals surface area (Å²) in [6, 6.07) is 0. The van der Waals surface area contributed by atoms with E-state index < -0.39 is 0 Å². The number of aliphatic hydroxyl groups is 1. The number of fused-ring (bicyclic) bond motifs is 1. The van der Waals surface area contributed by atoms with Gasteiger partial charge in [-0.1, -0.05) is 6.92 Å². The molecular formula is C11H17N3OS. The van der Waals surface area contributed by atoms with Crippen LogP contribution in [0, 0.1) is 11.8 Å². The second-order valence-corrected chi connectivity index (χ2v) is 5.55. The molecule has 1 aromatic heterocycles. The Morgan fingerprint density at radius 3 is 3.00 bits per heavy atom. The average molecular weight is 239 g/mol. The van der Waals surface area contributed by atoms with Crippen LogP contribution >= 0.6 is 11.5 Å². The van der Waals surface area contributed by atoms with Gasteiger partial charge in [-0.25, -0.2) is 4.98 Å². The van der Waals surface area contributed by atoms with Gasteiger partial charge >= 0.3 is 0 Å². The minimum atomic E-state index is -0.0893. The Morgan fingerprint density at radius 2 is 2.31 bits per heavy atom. The number of nitrogens with zero attached hydrogens (tertiary/aromatic N) is 3. The predicted molar refractivity (Wildman–Crippen MR) is 63.7 cm³/mol. The minimum absolute atomic E-state index is 0.0893. The maximum Gasteiger partial charge on any atom is 0.205 e. The van der Waals surface area contributed by atoms with Crippen molar-refractivity contribution in [1.82, 2.24) is 9.36 Å². The number of aliphatic hydroxyl groups excluding tert-OH is 1. The number of anilines is 1. The van der Waals surface area contributed by atoms with E-state index in [1.165, 1.54) is 18.0 Å². The molecule has 2 fully saturated rings. The van der Waals surface area contributed by atoms with Crippen LogP contribution in [0.15, 0.2) is 0 Å². The molecule has 0 bridgehead atoms. The summed E-state index contributed by atoms with van der Waals surface area (Å²) in [6.07, 6.45) is 2.97. The Labute approximate surface area is 99.5 Å². The van der Waals surface area contributed by atoms with Crippen LogP contribution in [-0.4, -0.2) is 33.7 Å². The van der Waals surface area contributed by atoms with Crippen molar-refractivity contribution in [2.75, 3.05) is 18.0 Å². The Bertz CT molecular complexity index is 381. The van der Waals surface area contributed by atoms with Crippen molar-refractivity contribution in [3.63, 3.8) is 0 Å². The maximum atomic E-state index is 9.86. The zero-order valence-corrected chi connectivity index (χ0v) is 10.3. The third kappa shape index (κ3) is 1.62. The van der Waals surface area contributed by atoms with Gasteiger partial charge in [-0.05, 0) is 18.8 Å². The highest BCUT2D eigenvalue weighted by Crippen LogP contribution is 2.40. The first-order valence-electron chi connectivity index (χ1n) is 6.03. The van der Waals surface area contributed by atoms with Crippen molar-refractivity contribution in [2.24, 2.45) is 11.8 Å². The van der Waals surface area contributed by atoms with Crippen molar-refractivity contribution in [3.8, 4) is 0 Å². The Balaban J connectivity index is 1.74. The van der Waals surface area contributed by atoms with Gasteiger partial charge in [0.15, 0.2) is 0 Å². The van der Waals surface area contributed by atoms with E-state index in [4.69, 9.17) is 0 Å². The molecule has 2 aliphatic rings. The van der Waals surface area contributed by atoms with E-state index in [0.29, 0.717) is 11.8 Å². The fourth-order valence-corrected chi connectivity index (χ4v) is 3.68.